The highest BCUT2D eigenvalue weighted by molar-refractivity contribution is 5.92. The first-order valence-electron chi connectivity index (χ1n) is 9.23. The molecule has 0 bridgehead atoms. The third-order valence-electron chi connectivity index (χ3n) is 5.35. The van der Waals surface area contributed by atoms with Crippen molar-refractivity contribution < 1.29 is 18.7 Å². The predicted octanol–water partition coefficient (Wildman–Crippen LogP) is 1.76. The molecule has 0 spiro atoms. The molecule has 2 aliphatic heterocycles. The van der Waals surface area contributed by atoms with E-state index in [-0.39, 0.29) is 29.5 Å². The number of halogens is 1. The van der Waals surface area contributed by atoms with Crippen molar-refractivity contribution in [1.82, 2.24) is 4.90 Å². The van der Waals surface area contributed by atoms with Crippen molar-refractivity contribution in [3.05, 3.63) is 30.1 Å². The summed E-state index contributed by atoms with van der Waals surface area (Å²) >= 11 is 0. The van der Waals surface area contributed by atoms with Crippen molar-refractivity contribution in [3.63, 3.8) is 0 Å². The van der Waals surface area contributed by atoms with Crippen LogP contribution in [0.25, 0.3) is 0 Å². The van der Waals surface area contributed by atoms with Crippen LogP contribution in [0.15, 0.2) is 24.3 Å². The molecule has 3 rings (SSSR count). The Bertz CT molecular complexity index is 623. The lowest BCUT2D eigenvalue weighted by molar-refractivity contribution is -0.137. The van der Waals surface area contributed by atoms with Gasteiger partial charge in [0, 0.05) is 37.9 Å². The number of hydrogen-bond acceptors (Lipinski definition) is 4. The monoisotopic (exact) mass is 363 g/mol. The quantitative estimate of drug-likeness (QED) is 0.854. The van der Waals surface area contributed by atoms with E-state index in [2.05, 4.69) is 5.32 Å². The Labute approximate surface area is 152 Å². The molecular formula is C19H26FN3O3. The highest BCUT2D eigenvalue weighted by Crippen LogP contribution is 2.23. The number of piperidine rings is 1. The van der Waals surface area contributed by atoms with E-state index in [1.54, 1.807) is 17.0 Å². The maximum Gasteiger partial charge on any atom is 0.239 e. The summed E-state index contributed by atoms with van der Waals surface area (Å²) in [6.07, 6.45) is 2.87. The lowest BCUT2D eigenvalue weighted by Gasteiger charge is -2.35. The largest absolute Gasteiger partial charge is 0.381 e. The van der Waals surface area contributed by atoms with Gasteiger partial charge in [0.1, 0.15) is 5.82 Å². The van der Waals surface area contributed by atoms with Crippen LogP contribution in [0.4, 0.5) is 10.1 Å². The Morgan fingerprint density at radius 1 is 1.12 bits per heavy atom. The van der Waals surface area contributed by atoms with Gasteiger partial charge in [0.2, 0.25) is 11.8 Å². The topological polar surface area (TPSA) is 84.7 Å². The van der Waals surface area contributed by atoms with Crippen LogP contribution >= 0.6 is 0 Å². The zero-order valence-electron chi connectivity index (χ0n) is 14.8. The SMILES string of the molecule is NC(C(=O)N1CCC(C(=O)Nc2ccc(F)cc2)CC1)C1CCOCC1. The standard InChI is InChI=1S/C19H26FN3O3/c20-15-1-3-16(4-2-15)22-18(24)14-5-9-23(10-6-14)19(25)17(21)13-7-11-26-12-8-13/h1-4,13-14,17H,5-12,21H2,(H,22,24). The van der Waals surface area contributed by atoms with E-state index in [0.717, 1.165) is 12.8 Å². The molecule has 2 heterocycles. The fraction of sp³-hybridized carbons (Fsp3) is 0.579. The zero-order chi connectivity index (χ0) is 18.5. The molecule has 1 unspecified atom stereocenters. The van der Waals surface area contributed by atoms with Gasteiger partial charge in [-0.15, -0.1) is 0 Å². The number of nitrogens with one attached hydrogen (secondary N) is 1. The number of anilines is 1. The lowest BCUT2D eigenvalue weighted by atomic mass is 9.90. The normalized spacial score (nSPS) is 20.6. The average molecular weight is 363 g/mol. The van der Waals surface area contributed by atoms with Crippen molar-refractivity contribution in [2.45, 2.75) is 31.7 Å². The van der Waals surface area contributed by atoms with Gasteiger partial charge in [-0.25, -0.2) is 4.39 Å². The first-order chi connectivity index (χ1) is 12.5. The Morgan fingerprint density at radius 3 is 2.35 bits per heavy atom. The van der Waals surface area contributed by atoms with E-state index in [0.29, 0.717) is 44.8 Å². The van der Waals surface area contributed by atoms with E-state index in [1.165, 1.54) is 12.1 Å². The van der Waals surface area contributed by atoms with Gasteiger partial charge in [-0.05, 0) is 55.9 Å². The molecule has 0 radical (unpaired) electrons. The number of benzene rings is 1. The van der Waals surface area contributed by atoms with Crippen molar-refractivity contribution >= 4 is 17.5 Å². The maximum absolute atomic E-state index is 12.9. The number of amides is 2. The smallest absolute Gasteiger partial charge is 0.239 e. The Morgan fingerprint density at radius 2 is 1.73 bits per heavy atom. The van der Waals surface area contributed by atoms with Crippen molar-refractivity contribution in [2.75, 3.05) is 31.6 Å². The van der Waals surface area contributed by atoms with Gasteiger partial charge in [-0.1, -0.05) is 0 Å². The van der Waals surface area contributed by atoms with Crippen LogP contribution in [0.5, 0.6) is 0 Å². The molecule has 1 atom stereocenters. The molecule has 7 heteroatoms. The summed E-state index contributed by atoms with van der Waals surface area (Å²) < 4.78 is 18.3. The summed E-state index contributed by atoms with van der Waals surface area (Å²) in [6, 6.07) is 5.23. The van der Waals surface area contributed by atoms with Gasteiger partial charge >= 0.3 is 0 Å². The molecular weight excluding hydrogens is 337 g/mol. The van der Waals surface area contributed by atoms with E-state index >= 15 is 0 Å². The average Bonchev–Trinajstić information content (AvgIpc) is 2.69. The molecule has 1 aromatic rings. The molecule has 6 nitrogen and oxygen atoms in total. The van der Waals surface area contributed by atoms with Gasteiger partial charge < -0.3 is 20.7 Å². The molecule has 1 aromatic carbocycles. The second kappa shape index (κ2) is 8.60. The molecule has 0 aliphatic carbocycles. The van der Waals surface area contributed by atoms with E-state index in [9.17, 15) is 14.0 Å². The van der Waals surface area contributed by atoms with Crippen LogP contribution in [0.3, 0.4) is 0 Å². The number of rotatable bonds is 4. The van der Waals surface area contributed by atoms with Crippen LogP contribution in [-0.4, -0.2) is 49.1 Å². The number of carbonyl (C=O) groups excluding carboxylic acids is 2. The summed E-state index contributed by atoms with van der Waals surface area (Å²) in [5, 5.41) is 2.81. The van der Waals surface area contributed by atoms with Crippen LogP contribution in [-0.2, 0) is 14.3 Å². The molecule has 2 fully saturated rings. The minimum Gasteiger partial charge on any atom is -0.381 e. The fourth-order valence-corrected chi connectivity index (χ4v) is 3.63. The van der Waals surface area contributed by atoms with Crippen LogP contribution in [0.1, 0.15) is 25.7 Å². The highest BCUT2D eigenvalue weighted by atomic mass is 19.1. The lowest BCUT2D eigenvalue weighted by Crippen LogP contribution is -2.51. The van der Waals surface area contributed by atoms with Crippen LogP contribution in [0.2, 0.25) is 0 Å². The molecule has 0 aromatic heterocycles. The van der Waals surface area contributed by atoms with Gasteiger partial charge in [0.05, 0.1) is 6.04 Å². The number of hydrogen-bond donors (Lipinski definition) is 2. The Kier molecular flexibility index (Phi) is 6.21. The Hall–Kier alpha value is -1.99. The second-order valence-corrected chi connectivity index (χ2v) is 7.07. The third kappa shape index (κ3) is 4.59. The van der Waals surface area contributed by atoms with Crippen molar-refractivity contribution in [3.8, 4) is 0 Å². The minimum absolute atomic E-state index is 0.0192. The molecule has 3 N–H and O–H groups in total. The minimum atomic E-state index is -0.483. The number of nitrogens with zero attached hydrogens (tertiary/aromatic N) is 1. The van der Waals surface area contributed by atoms with Crippen molar-refractivity contribution in [2.24, 2.45) is 17.6 Å². The maximum atomic E-state index is 12.9. The predicted molar refractivity (Wildman–Crippen MR) is 95.9 cm³/mol. The molecule has 26 heavy (non-hydrogen) atoms. The van der Waals surface area contributed by atoms with Crippen LogP contribution < -0.4 is 11.1 Å². The molecule has 2 aliphatic rings. The zero-order valence-corrected chi connectivity index (χ0v) is 14.8. The van der Waals surface area contributed by atoms with Gasteiger partial charge in [0.25, 0.3) is 0 Å². The summed E-state index contributed by atoms with van der Waals surface area (Å²) in [5.74, 6) is -0.415. The number of nitrogens with two attached hydrogens (primary N) is 1. The first kappa shape index (κ1) is 18.8. The summed E-state index contributed by atoms with van der Waals surface area (Å²) in [4.78, 5) is 26.8. The number of ether oxygens (including phenoxy) is 1. The number of likely N-dealkylation sites (tertiary alicyclic amines) is 1. The summed E-state index contributed by atoms with van der Waals surface area (Å²) in [5.41, 5.74) is 6.75. The second-order valence-electron chi connectivity index (χ2n) is 7.07. The Balaban J connectivity index is 1.47. The van der Waals surface area contributed by atoms with Gasteiger partial charge in [0.15, 0.2) is 0 Å². The van der Waals surface area contributed by atoms with E-state index in [1.807, 2.05) is 0 Å². The summed E-state index contributed by atoms with van der Waals surface area (Å²) in [7, 11) is 0. The van der Waals surface area contributed by atoms with Crippen molar-refractivity contribution in [1.29, 1.82) is 0 Å². The third-order valence-corrected chi connectivity index (χ3v) is 5.35. The van der Waals surface area contributed by atoms with E-state index < -0.39 is 6.04 Å². The molecule has 142 valence electrons. The first-order valence-corrected chi connectivity index (χ1v) is 9.23. The molecule has 0 saturated carbocycles. The fourth-order valence-electron chi connectivity index (χ4n) is 3.63. The molecule has 2 saturated heterocycles. The molecule has 2 amide bonds. The van der Waals surface area contributed by atoms with E-state index in [4.69, 9.17) is 10.5 Å². The summed E-state index contributed by atoms with van der Waals surface area (Å²) in [6.45, 7) is 2.41. The van der Waals surface area contributed by atoms with Gasteiger partial charge in [-0.2, -0.15) is 0 Å². The highest BCUT2D eigenvalue weighted by Gasteiger charge is 2.33. The number of carbonyl (C=O) groups is 2. The van der Waals surface area contributed by atoms with Gasteiger partial charge in [-0.3, -0.25) is 9.59 Å². The van der Waals surface area contributed by atoms with Crippen LogP contribution in [0, 0.1) is 17.7 Å².